The van der Waals surface area contributed by atoms with Crippen LogP contribution in [-0.2, 0) is 6.42 Å². The number of ether oxygens (including phenoxy) is 2. The first-order chi connectivity index (χ1) is 9.31. The van der Waals surface area contributed by atoms with Crippen LogP contribution >= 0.6 is 0 Å². The van der Waals surface area contributed by atoms with E-state index in [4.69, 9.17) is 15.9 Å². The lowest BCUT2D eigenvalue weighted by atomic mass is 10.1. The molecule has 0 saturated heterocycles. The van der Waals surface area contributed by atoms with E-state index in [1.54, 1.807) is 7.11 Å². The summed E-state index contributed by atoms with van der Waals surface area (Å²) in [7, 11) is 1.63. The molecule has 0 aromatic heterocycles. The van der Waals surface area contributed by atoms with Crippen LogP contribution in [0, 0.1) is 12.3 Å². The number of methoxy groups -OCH3 is 1. The maximum absolute atomic E-state index is 5.78. The number of benzene rings is 2. The Morgan fingerprint density at radius 2 is 1.63 bits per heavy atom. The highest BCUT2D eigenvalue weighted by molar-refractivity contribution is 5.32. The largest absolute Gasteiger partial charge is 0.497 e. The third-order valence-electron chi connectivity index (χ3n) is 2.79. The van der Waals surface area contributed by atoms with Gasteiger partial charge in [0.25, 0.3) is 0 Å². The van der Waals surface area contributed by atoms with E-state index in [1.165, 1.54) is 5.56 Å². The molecule has 19 heavy (non-hydrogen) atoms. The molecule has 2 aromatic rings. The van der Waals surface area contributed by atoms with Crippen LogP contribution < -0.4 is 9.47 Å². The summed E-state index contributed by atoms with van der Waals surface area (Å²) < 4.78 is 10.9. The van der Waals surface area contributed by atoms with Crippen molar-refractivity contribution in [3.8, 4) is 23.8 Å². The number of terminal acetylenes is 1. The van der Waals surface area contributed by atoms with Crippen molar-refractivity contribution in [2.75, 3.05) is 7.11 Å². The summed E-state index contributed by atoms with van der Waals surface area (Å²) in [5, 5.41) is 0. The van der Waals surface area contributed by atoms with E-state index in [9.17, 15) is 0 Å². The SMILES string of the molecule is C#C[C@H](Cc1ccccc1)Oc1ccc(OC)cc1. The van der Waals surface area contributed by atoms with Gasteiger partial charge in [0, 0.05) is 6.42 Å². The normalized spacial score (nSPS) is 11.4. The zero-order chi connectivity index (χ0) is 13.5. The third kappa shape index (κ3) is 3.79. The topological polar surface area (TPSA) is 18.5 Å². The molecule has 0 spiro atoms. The number of rotatable bonds is 5. The van der Waals surface area contributed by atoms with Crippen LogP contribution in [0.3, 0.4) is 0 Å². The van der Waals surface area contributed by atoms with Crippen LogP contribution in [0.5, 0.6) is 11.5 Å². The second-order valence-corrected chi connectivity index (χ2v) is 4.14. The lowest BCUT2D eigenvalue weighted by Crippen LogP contribution is -2.17. The molecule has 2 heteroatoms. The van der Waals surface area contributed by atoms with Gasteiger partial charge in [-0.2, -0.15) is 0 Å². The fourth-order valence-corrected chi connectivity index (χ4v) is 1.78. The summed E-state index contributed by atoms with van der Waals surface area (Å²) in [4.78, 5) is 0. The molecule has 2 rings (SSSR count). The molecule has 0 aliphatic rings. The molecule has 0 fully saturated rings. The lowest BCUT2D eigenvalue weighted by Gasteiger charge is -2.14. The molecule has 0 radical (unpaired) electrons. The summed E-state index contributed by atoms with van der Waals surface area (Å²) in [5.41, 5.74) is 1.17. The van der Waals surface area contributed by atoms with E-state index in [-0.39, 0.29) is 6.10 Å². The van der Waals surface area contributed by atoms with Gasteiger partial charge in [-0.05, 0) is 29.8 Å². The van der Waals surface area contributed by atoms with Crippen molar-refractivity contribution < 1.29 is 9.47 Å². The Balaban J connectivity index is 2.01. The predicted molar refractivity (Wildman–Crippen MR) is 76.4 cm³/mol. The predicted octanol–water partition coefficient (Wildman–Crippen LogP) is 3.32. The first kappa shape index (κ1) is 13.0. The van der Waals surface area contributed by atoms with Crippen LogP contribution in [0.15, 0.2) is 54.6 Å². The number of hydrogen-bond donors (Lipinski definition) is 0. The van der Waals surface area contributed by atoms with E-state index >= 15 is 0 Å². The van der Waals surface area contributed by atoms with Gasteiger partial charge in [-0.3, -0.25) is 0 Å². The van der Waals surface area contributed by atoms with Gasteiger partial charge in [0.2, 0.25) is 0 Å². The fourth-order valence-electron chi connectivity index (χ4n) is 1.78. The quantitative estimate of drug-likeness (QED) is 0.760. The average Bonchev–Trinajstić information content (AvgIpc) is 2.48. The highest BCUT2D eigenvalue weighted by Crippen LogP contribution is 2.19. The number of hydrogen-bond acceptors (Lipinski definition) is 2. The standard InChI is InChI=1S/C17H16O2/c1-3-15(13-14-7-5-4-6-8-14)19-17-11-9-16(18-2)10-12-17/h1,4-12,15H,13H2,2H3/t15-/m1/s1. The van der Waals surface area contributed by atoms with Crippen molar-refractivity contribution in [2.24, 2.45) is 0 Å². The second-order valence-electron chi connectivity index (χ2n) is 4.14. The van der Waals surface area contributed by atoms with Crippen molar-refractivity contribution in [3.05, 3.63) is 60.2 Å². The van der Waals surface area contributed by atoms with Crippen LogP contribution in [0.4, 0.5) is 0 Å². The Kier molecular flexibility index (Phi) is 4.47. The molecule has 0 aliphatic heterocycles. The fraction of sp³-hybridized carbons (Fsp3) is 0.176. The molecule has 2 aromatic carbocycles. The Bertz CT molecular complexity index is 538. The van der Waals surface area contributed by atoms with E-state index < -0.39 is 0 Å². The average molecular weight is 252 g/mol. The molecule has 0 bridgehead atoms. The summed E-state index contributed by atoms with van der Waals surface area (Å²) >= 11 is 0. The van der Waals surface area contributed by atoms with Crippen molar-refractivity contribution in [1.82, 2.24) is 0 Å². The van der Waals surface area contributed by atoms with Gasteiger partial charge in [0.1, 0.15) is 11.5 Å². The zero-order valence-corrected chi connectivity index (χ0v) is 10.9. The molecule has 0 saturated carbocycles. The maximum atomic E-state index is 5.78. The first-order valence-corrected chi connectivity index (χ1v) is 6.12. The van der Waals surface area contributed by atoms with Gasteiger partial charge in [-0.1, -0.05) is 36.3 Å². The Morgan fingerprint density at radius 1 is 1.00 bits per heavy atom. The molecule has 96 valence electrons. The van der Waals surface area contributed by atoms with Crippen LogP contribution in [0.25, 0.3) is 0 Å². The van der Waals surface area contributed by atoms with Crippen LogP contribution in [0.1, 0.15) is 5.56 Å². The van der Waals surface area contributed by atoms with Crippen LogP contribution in [-0.4, -0.2) is 13.2 Å². The van der Waals surface area contributed by atoms with Crippen molar-refractivity contribution in [2.45, 2.75) is 12.5 Å². The molecule has 0 unspecified atom stereocenters. The van der Waals surface area contributed by atoms with Crippen molar-refractivity contribution >= 4 is 0 Å². The summed E-state index contributed by atoms with van der Waals surface area (Å²) in [6, 6.07) is 17.5. The molecular weight excluding hydrogens is 236 g/mol. The van der Waals surface area contributed by atoms with E-state index in [1.807, 2.05) is 54.6 Å². The summed E-state index contributed by atoms with van der Waals surface area (Å²) in [5.74, 6) is 4.22. The second kappa shape index (κ2) is 6.51. The minimum atomic E-state index is -0.268. The van der Waals surface area contributed by atoms with E-state index in [0.717, 1.165) is 11.5 Å². The van der Waals surface area contributed by atoms with Gasteiger partial charge in [0.15, 0.2) is 6.10 Å². The maximum Gasteiger partial charge on any atom is 0.162 e. The van der Waals surface area contributed by atoms with Crippen LogP contribution in [0.2, 0.25) is 0 Å². The molecule has 1 atom stereocenters. The highest BCUT2D eigenvalue weighted by atomic mass is 16.5. The minimum Gasteiger partial charge on any atom is -0.497 e. The monoisotopic (exact) mass is 252 g/mol. The zero-order valence-electron chi connectivity index (χ0n) is 10.9. The first-order valence-electron chi connectivity index (χ1n) is 6.12. The van der Waals surface area contributed by atoms with Crippen molar-refractivity contribution in [1.29, 1.82) is 0 Å². The van der Waals surface area contributed by atoms with Gasteiger partial charge < -0.3 is 9.47 Å². The molecule has 0 N–H and O–H groups in total. The van der Waals surface area contributed by atoms with E-state index in [2.05, 4.69) is 5.92 Å². The summed E-state index contributed by atoms with van der Waals surface area (Å²) in [6.07, 6.45) is 5.95. The molecule has 0 heterocycles. The Labute approximate surface area is 114 Å². The smallest absolute Gasteiger partial charge is 0.162 e. The Morgan fingerprint density at radius 3 is 2.21 bits per heavy atom. The summed E-state index contributed by atoms with van der Waals surface area (Å²) in [6.45, 7) is 0. The molecule has 2 nitrogen and oxygen atoms in total. The molecular formula is C17H16O2. The third-order valence-corrected chi connectivity index (χ3v) is 2.79. The Hall–Kier alpha value is -2.40. The van der Waals surface area contributed by atoms with Crippen molar-refractivity contribution in [3.63, 3.8) is 0 Å². The van der Waals surface area contributed by atoms with Gasteiger partial charge in [-0.15, -0.1) is 6.42 Å². The van der Waals surface area contributed by atoms with Gasteiger partial charge in [0.05, 0.1) is 7.11 Å². The minimum absolute atomic E-state index is 0.268. The van der Waals surface area contributed by atoms with Gasteiger partial charge >= 0.3 is 0 Å². The van der Waals surface area contributed by atoms with E-state index in [0.29, 0.717) is 6.42 Å². The lowest BCUT2D eigenvalue weighted by molar-refractivity contribution is 0.259. The van der Waals surface area contributed by atoms with Gasteiger partial charge in [-0.25, -0.2) is 0 Å². The highest BCUT2D eigenvalue weighted by Gasteiger charge is 2.08. The molecule has 0 aliphatic carbocycles. The molecule has 0 amide bonds.